The summed E-state index contributed by atoms with van der Waals surface area (Å²) in [6.07, 6.45) is 0. The van der Waals surface area contributed by atoms with Crippen LogP contribution in [0.4, 0.5) is 10.1 Å². The summed E-state index contributed by atoms with van der Waals surface area (Å²) in [6.45, 7) is 0. The largest absolute Gasteiger partial charge is 0.508 e. The Morgan fingerprint density at radius 3 is 2.47 bits per heavy atom. The molecule has 2 N–H and O–H groups in total. The van der Waals surface area contributed by atoms with E-state index in [4.69, 9.17) is 9.84 Å². The van der Waals surface area contributed by atoms with Crippen molar-refractivity contribution in [3.63, 3.8) is 0 Å². The van der Waals surface area contributed by atoms with Crippen molar-refractivity contribution in [1.82, 2.24) is 0 Å². The molecule has 0 atom stereocenters. The minimum Gasteiger partial charge on any atom is -0.508 e. The first kappa shape index (κ1) is 12.9. The Hall–Kier alpha value is -2.56. The summed E-state index contributed by atoms with van der Waals surface area (Å²) in [5.41, 5.74) is 0.699. The number of benzene rings is 2. The summed E-state index contributed by atoms with van der Waals surface area (Å²) in [5, 5.41) is 11.7. The maximum absolute atomic E-state index is 13.5. The van der Waals surface area contributed by atoms with E-state index in [1.807, 2.05) is 0 Å². The van der Waals surface area contributed by atoms with Gasteiger partial charge in [-0.05, 0) is 42.5 Å². The van der Waals surface area contributed by atoms with Gasteiger partial charge in [0.2, 0.25) is 0 Å². The van der Waals surface area contributed by atoms with Crippen LogP contribution in [0.1, 0.15) is 10.4 Å². The zero-order valence-corrected chi connectivity index (χ0v) is 10.2. The van der Waals surface area contributed by atoms with Crippen molar-refractivity contribution in [2.24, 2.45) is 0 Å². The molecule has 1 amide bonds. The maximum atomic E-state index is 13.5. The molecular weight excluding hydrogens is 249 g/mol. The van der Waals surface area contributed by atoms with Crippen molar-refractivity contribution in [3.8, 4) is 11.5 Å². The van der Waals surface area contributed by atoms with Gasteiger partial charge in [0.05, 0.1) is 7.11 Å². The highest BCUT2D eigenvalue weighted by atomic mass is 19.1. The first-order valence-corrected chi connectivity index (χ1v) is 5.54. The first-order chi connectivity index (χ1) is 9.10. The minimum atomic E-state index is -0.596. The molecule has 0 radical (unpaired) electrons. The molecule has 0 saturated heterocycles. The fourth-order valence-corrected chi connectivity index (χ4v) is 1.56. The standard InChI is InChI=1S/C14H12FNO3/c1-19-13-7-2-9(8-12(13)15)14(18)16-10-3-5-11(17)6-4-10/h2-8,17H,1H3,(H,16,18). The van der Waals surface area contributed by atoms with Crippen LogP contribution in [-0.4, -0.2) is 18.1 Å². The Kier molecular flexibility index (Phi) is 3.66. The molecule has 0 aliphatic rings. The molecule has 0 unspecified atom stereocenters. The van der Waals surface area contributed by atoms with Gasteiger partial charge in [0.15, 0.2) is 11.6 Å². The molecule has 0 saturated carbocycles. The molecule has 0 aliphatic heterocycles. The second-order valence-corrected chi connectivity index (χ2v) is 3.85. The maximum Gasteiger partial charge on any atom is 0.255 e. The molecule has 0 aromatic heterocycles. The molecule has 98 valence electrons. The van der Waals surface area contributed by atoms with Crippen LogP contribution in [0, 0.1) is 5.82 Å². The molecule has 4 nitrogen and oxygen atoms in total. The van der Waals surface area contributed by atoms with Gasteiger partial charge in [-0.15, -0.1) is 0 Å². The number of phenolic OH excluding ortho intramolecular Hbond substituents is 1. The Balaban J connectivity index is 2.16. The van der Waals surface area contributed by atoms with E-state index in [2.05, 4.69) is 5.32 Å². The smallest absolute Gasteiger partial charge is 0.255 e. The number of nitrogens with one attached hydrogen (secondary N) is 1. The van der Waals surface area contributed by atoms with E-state index < -0.39 is 11.7 Å². The van der Waals surface area contributed by atoms with E-state index in [0.717, 1.165) is 6.07 Å². The van der Waals surface area contributed by atoms with Gasteiger partial charge < -0.3 is 15.2 Å². The number of anilines is 1. The summed E-state index contributed by atoms with van der Waals surface area (Å²) in [5.74, 6) is -0.845. The first-order valence-electron chi connectivity index (χ1n) is 5.54. The number of ether oxygens (including phenoxy) is 1. The van der Waals surface area contributed by atoms with Crippen LogP contribution >= 0.6 is 0 Å². The number of hydrogen-bond acceptors (Lipinski definition) is 3. The third-order valence-corrected chi connectivity index (χ3v) is 2.54. The lowest BCUT2D eigenvalue weighted by molar-refractivity contribution is 0.102. The summed E-state index contributed by atoms with van der Waals surface area (Å²) >= 11 is 0. The van der Waals surface area contributed by atoms with Crippen LogP contribution in [0.2, 0.25) is 0 Å². The van der Waals surface area contributed by atoms with Gasteiger partial charge >= 0.3 is 0 Å². The monoisotopic (exact) mass is 261 g/mol. The lowest BCUT2D eigenvalue weighted by atomic mass is 10.2. The van der Waals surface area contributed by atoms with E-state index >= 15 is 0 Å². The van der Waals surface area contributed by atoms with Gasteiger partial charge in [-0.3, -0.25) is 4.79 Å². The third-order valence-electron chi connectivity index (χ3n) is 2.54. The number of phenols is 1. The van der Waals surface area contributed by atoms with E-state index in [0.29, 0.717) is 5.69 Å². The van der Waals surface area contributed by atoms with Crippen LogP contribution in [-0.2, 0) is 0 Å². The molecule has 0 aliphatic carbocycles. The van der Waals surface area contributed by atoms with Gasteiger partial charge in [-0.1, -0.05) is 0 Å². The van der Waals surface area contributed by atoms with Gasteiger partial charge in [-0.25, -0.2) is 4.39 Å². The highest BCUT2D eigenvalue weighted by Gasteiger charge is 2.10. The molecule has 0 spiro atoms. The average molecular weight is 261 g/mol. The lowest BCUT2D eigenvalue weighted by Gasteiger charge is -2.07. The van der Waals surface area contributed by atoms with Crippen molar-refractivity contribution in [3.05, 3.63) is 53.8 Å². The van der Waals surface area contributed by atoms with Crippen molar-refractivity contribution in [2.75, 3.05) is 12.4 Å². The number of amides is 1. The number of carbonyl (C=O) groups excluding carboxylic acids is 1. The third kappa shape index (κ3) is 3.01. The number of rotatable bonds is 3. The topological polar surface area (TPSA) is 58.6 Å². The highest BCUT2D eigenvalue weighted by molar-refractivity contribution is 6.04. The number of methoxy groups -OCH3 is 1. The molecule has 5 heteroatoms. The molecule has 0 fully saturated rings. The van der Waals surface area contributed by atoms with Crippen LogP contribution < -0.4 is 10.1 Å². The van der Waals surface area contributed by atoms with Crippen LogP contribution in [0.25, 0.3) is 0 Å². The Morgan fingerprint density at radius 1 is 1.21 bits per heavy atom. The van der Waals surface area contributed by atoms with Crippen LogP contribution in [0.15, 0.2) is 42.5 Å². The summed E-state index contributed by atoms with van der Waals surface area (Å²) in [7, 11) is 1.36. The SMILES string of the molecule is COc1ccc(C(=O)Nc2ccc(O)cc2)cc1F. The van der Waals surface area contributed by atoms with Gasteiger partial charge in [0, 0.05) is 11.3 Å². The van der Waals surface area contributed by atoms with Gasteiger partial charge in [-0.2, -0.15) is 0 Å². The fourth-order valence-electron chi connectivity index (χ4n) is 1.56. The van der Waals surface area contributed by atoms with Crippen molar-refractivity contribution < 1.29 is 19.0 Å². The summed E-state index contributed by atoms with van der Waals surface area (Å²) in [4.78, 5) is 11.9. The van der Waals surface area contributed by atoms with Crippen molar-refractivity contribution in [1.29, 1.82) is 0 Å². The molecule has 0 bridgehead atoms. The second kappa shape index (κ2) is 5.39. The van der Waals surface area contributed by atoms with Gasteiger partial charge in [0.1, 0.15) is 5.75 Å². The highest BCUT2D eigenvalue weighted by Crippen LogP contribution is 2.19. The van der Waals surface area contributed by atoms with E-state index in [9.17, 15) is 9.18 Å². The number of aromatic hydroxyl groups is 1. The summed E-state index contributed by atoms with van der Waals surface area (Å²) < 4.78 is 18.2. The predicted molar refractivity (Wildman–Crippen MR) is 69.0 cm³/mol. The molecule has 2 aromatic rings. The Morgan fingerprint density at radius 2 is 1.89 bits per heavy atom. The van der Waals surface area contributed by atoms with Crippen LogP contribution in [0.3, 0.4) is 0 Å². The van der Waals surface area contributed by atoms with Crippen molar-refractivity contribution in [2.45, 2.75) is 0 Å². The fraction of sp³-hybridized carbons (Fsp3) is 0.0714. The quantitative estimate of drug-likeness (QED) is 0.835. The summed E-state index contributed by atoms with van der Waals surface area (Å²) in [6, 6.07) is 9.96. The second-order valence-electron chi connectivity index (χ2n) is 3.85. The molecule has 19 heavy (non-hydrogen) atoms. The zero-order valence-electron chi connectivity index (χ0n) is 10.2. The molecule has 2 rings (SSSR count). The Labute approximate surface area is 109 Å². The predicted octanol–water partition coefficient (Wildman–Crippen LogP) is 2.79. The lowest BCUT2D eigenvalue weighted by Crippen LogP contribution is -2.12. The van der Waals surface area contributed by atoms with E-state index in [-0.39, 0.29) is 17.1 Å². The average Bonchev–Trinajstić information content (AvgIpc) is 2.41. The van der Waals surface area contributed by atoms with E-state index in [1.54, 1.807) is 12.1 Å². The number of halogens is 1. The van der Waals surface area contributed by atoms with E-state index in [1.165, 1.54) is 31.4 Å². The molecule has 2 aromatic carbocycles. The zero-order chi connectivity index (χ0) is 13.8. The number of hydrogen-bond donors (Lipinski definition) is 2. The Bertz CT molecular complexity index is 596. The van der Waals surface area contributed by atoms with Crippen molar-refractivity contribution >= 4 is 11.6 Å². The van der Waals surface area contributed by atoms with Crippen LogP contribution in [0.5, 0.6) is 11.5 Å². The normalized spacial score (nSPS) is 10.0. The molecule has 0 heterocycles. The minimum absolute atomic E-state index is 0.0844. The molecular formula is C14H12FNO3. The number of carbonyl (C=O) groups is 1. The van der Waals surface area contributed by atoms with Gasteiger partial charge in [0.25, 0.3) is 5.91 Å².